The van der Waals surface area contributed by atoms with Gasteiger partial charge in [0.2, 0.25) is 0 Å². The van der Waals surface area contributed by atoms with Crippen molar-refractivity contribution in [3.8, 4) is 0 Å². The zero-order valence-electron chi connectivity index (χ0n) is 15.7. The maximum Gasteiger partial charge on any atom is 0.410 e. The number of nitrogens with zero attached hydrogens (tertiary/aromatic N) is 1. The van der Waals surface area contributed by atoms with Gasteiger partial charge in [-0.2, -0.15) is 0 Å². The number of aryl methyl sites for hydroxylation is 2. The van der Waals surface area contributed by atoms with Crippen LogP contribution in [0.1, 0.15) is 57.4 Å². The molecule has 4 nitrogen and oxygen atoms in total. The second kappa shape index (κ2) is 8.34. The lowest BCUT2D eigenvalue weighted by Gasteiger charge is -2.27. The predicted octanol–water partition coefficient (Wildman–Crippen LogP) is 4.21. The lowest BCUT2D eigenvalue weighted by Crippen LogP contribution is -2.40. The van der Waals surface area contributed by atoms with E-state index in [1.165, 1.54) is 16.7 Å². The van der Waals surface area contributed by atoms with Gasteiger partial charge in [-0.05, 0) is 65.2 Å². The first-order chi connectivity index (χ1) is 10.6. The standard InChI is InChI=1S/C19H32N2O2/c1-8-21(18(22)23-19(5,6)7)12-11-20-16(4)17-10-9-14(2)15(3)13-17/h9-10,13,16,20H,8,11-12H2,1-7H3. The highest BCUT2D eigenvalue weighted by molar-refractivity contribution is 5.68. The van der Waals surface area contributed by atoms with Crippen molar-refractivity contribution in [2.75, 3.05) is 19.6 Å². The molecule has 1 amide bonds. The maximum absolute atomic E-state index is 12.1. The van der Waals surface area contributed by atoms with Gasteiger partial charge in [0.05, 0.1) is 0 Å². The zero-order valence-corrected chi connectivity index (χ0v) is 15.7. The quantitative estimate of drug-likeness (QED) is 0.853. The summed E-state index contributed by atoms with van der Waals surface area (Å²) in [5, 5.41) is 3.48. The van der Waals surface area contributed by atoms with Crippen LogP contribution in [-0.2, 0) is 4.74 Å². The highest BCUT2D eigenvalue weighted by Gasteiger charge is 2.20. The number of amides is 1. The van der Waals surface area contributed by atoms with Crippen LogP contribution in [-0.4, -0.2) is 36.2 Å². The minimum Gasteiger partial charge on any atom is -0.444 e. The first kappa shape index (κ1) is 19.5. The molecular weight excluding hydrogens is 288 g/mol. The largest absolute Gasteiger partial charge is 0.444 e. The summed E-state index contributed by atoms with van der Waals surface area (Å²) >= 11 is 0. The predicted molar refractivity (Wildman–Crippen MR) is 95.8 cm³/mol. The monoisotopic (exact) mass is 320 g/mol. The molecule has 0 radical (unpaired) electrons. The molecule has 0 aliphatic heterocycles. The van der Waals surface area contributed by atoms with Gasteiger partial charge in [-0.3, -0.25) is 0 Å². The first-order valence-electron chi connectivity index (χ1n) is 8.42. The molecule has 0 bridgehead atoms. The van der Waals surface area contributed by atoms with Gasteiger partial charge >= 0.3 is 6.09 Å². The third kappa shape index (κ3) is 6.61. The van der Waals surface area contributed by atoms with Crippen molar-refractivity contribution in [1.82, 2.24) is 10.2 Å². The number of hydrogen-bond donors (Lipinski definition) is 1. The molecule has 1 rings (SSSR count). The molecular formula is C19H32N2O2. The summed E-state index contributed by atoms with van der Waals surface area (Å²) in [5.41, 5.74) is 3.43. The van der Waals surface area contributed by atoms with E-state index in [1.54, 1.807) is 4.90 Å². The van der Waals surface area contributed by atoms with Gasteiger partial charge in [-0.15, -0.1) is 0 Å². The normalized spacial score (nSPS) is 12.8. The number of carbonyl (C=O) groups is 1. The first-order valence-corrected chi connectivity index (χ1v) is 8.42. The average molecular weight is 320 g/mol. The summed E-state index contributed by atoms with van der Waals surface area (Å²) < 4.78 is 5.42. The van der Waals surface area contributed by atoms with Gasteiger partial charge < -0.3 is 15.0 Å². The molecule has 0 saturated carbocycles. The van der Waals surface area contributed by atoms with Crippen molar-refractivity contribution >= 4 is 6.09 Å². The highest BCUT2D eigenvalue weighted by Crippen LogP contribution is 2.16. The molecule has 4 heteroatoms. The van der Waals surface area contributed by atoms with E-state index in [-0.39, 0.29) is 12.1 Å². The number of nitrogens with one attached hydrogen (secondary N) is 1. The van der Waals surface area contributed by atoms with Crippen molar-refractivity contribution in [3.63, 3.8) is 0 Å². The van der Waals surface area contributed by atoms with Crippen LogP contribution in [0, 0.1) is 13.8 Å². The topological polar surface area (TPSA) is 41.6 Å². The number of benzene rings is 1. The van der Waals surface area contributed by atoms with Crippen molar-refractivity contribution in [2.24, 2.45) is 0 Å². The van der Waals surface area contributed by atoms with Gasteiger partial charge in [-0.1, -0.05) is 18.2 Å². The Morgan fingerprint density at radius 2 is 1.91 bits per heavy atom. The minimum atomic E-state index is -0.454. The molecule has 0 saturated heterocycles. The lowest BCUT2D eigenvalue weighted by atomic mass is 10.0. The highest BCUT2D eigenvalue weighted by atomic mass is 16.6. The van der Waals surface area contributed by atoms with Gasteiger partial charge in [0.1, 0.15) is 5.60 Å². The van der Waals surface area contributed by atoms with Crippen LogP contribution in [0.15, 0.2) is 18.2 Å². The third-order valence-electron chi connectivity index (χ3n) is 3.90. The van der Waals surface area contributed by atoms with E-state index in [1.807, 2.05) is 27.7 Å². The number of rotatable bonds is 6. The molecule has 1 aromatic carbocycles. The fraction of sp³-hybridized carbons (Fsp3) is 0.632. The SMILES string of the molecule is CCN(CCNC(C)c1ccc(C)c(C)c1)C(=O)OC(C)(C)C. The van der Waals surface area contributed by atoms with Crippen LogP contribution in [0.5, 0.6) is 0 Å². The summed E-state index contributed by atoms with van der Waals surface area (Å²) in [5.74, 6) is 0. The summed E-state index contributed by atoms with van der Waals surface area (Å²) in [4.78, 5) is 13.8. The Morgan fingerprint density at radius 1 is 1.26 bits per heavy atom. The van der Waals surface area contributed by atoms with Crippen molar-refractivity contribution in [2.45, 2.75) is 60.1 Å². The second-order valence-electron chi connectivity index (χ2n) is 7.08. The molecule has 130 valence electrons. The summed E-state index contributed by atoms with van der Waals surface area (Å²) in [6.45, 7) is 16.1. The van der Waals surface area contributed by atoms with E-state index < -0.39 is 5.60 Å². The Balaban J connectivity index is 2.50. The molecule has 0 aromatic heterocycles. The van der Waals surface area contributed by atoms with E-state index in [0.717, 1.165) is 6.54 Å². The fourth-order valence-electron chi connectivity index (χ4n) is 2.27. The third-order valence-corrected chi connectivity index (χ3v) is 3.90. The van der Waals surface area contributed by atoms with Gasteiger partial charge in [0.15, 0.2) is 0 Å². The Labute approximate surface area is 141 Å². The molecule has 1 unspecified atom stereocenters. The lowest BCUT2D eigenvalue weighted by molar-refractivity contribution is 0.0261. The molecule has 1 atom stereocenters. The number of carbonyl (C=O) groups excluding carboxylic acids is 1. The van der Waals surface area contributed by atoms with Crippen LogP contribution in [0.3, 0.4) is 0 Å². The summed E-state index contributed by atoms with van der Waals surface area (Å²) in [6, 6.07) is 6.79. The number of ether oxygens (including phenoxy) is 1. The minimum absolute atomic E-state index is 0.249. The van der Waals surface area contributed by atoms with E-state index in [0.29, 0.717) is 13.1 Å². The molecule has 0 aliphatic rings. The van der Waals surface area contributed by atoms with Crippen molar-refractivity contribution < 1.29 is 9.53 Å². The molecule has 0 spiro atoms. The zero-order chi connectivity index (χ0) is 17.6. The Kier molecular flexibility index (Phi) is 7.07. The van der Waals surface area contributed by atoms with Crippen LogP contribution >= 0.6 is 0 Å². The summed E-state index contributed by atoms with van der Waals surface area (Å²) in [6.07, 6.45) is -0.249. The molecule has 0 aliphatic carbocycles. The van der Waals surface area contributed by atoms with E-state index in [2.05, 4.69) is 44.3 Å². The van der Waals surface area contributed by atoms with Crippen LogP contribution < -0.4 is 5.32 Å². The second-order valence-corrected chi connectivity index (χ2v) is 7.08. The van der Waals surface area contributed by atoms with Crippen LogP contribution in [0.25, 0.3) is 0 Å². The van der Waals surface area contributed by atoms with Crippen molar-refractivity contribution in [3.05, 3.63) is 34.9 Å². The van der Waals surface area contributed by atoms with Crippen LogP contribution in [0.2, 0.25) is 0 Å². The molecule has 0 fully saturated rings. The van der Waals surface area contributed by atoms with E-state index >= 15 is 0 Å². The van der Waals surface area contributed by atoms with Crippen LogP contribution in [0.4, 0.5) is 4.79 Å². The Bertz CT molecular complexity index is 521. The molecule has 1 N–H and O–H groups in total. The fourth-order valence-corrected chi connectivity index (χ4v) is 2.27. The smallest absolute Gasteiger partial charge is 0.410 e. The van der Waals surface area contributed by atoms with Gasteiger partial charge in [0.25, 0.3) is 0 Å². The maximum atomic E-state index is 12.1. The van der Waals surface area contributed by atoms with E-state index in [9.17, 15) is 4.79 Å². The molecule has 1 aromatic rings. The molecule has 23 heavy (non-hydrogen) atoms. The summed E-state index contributed by atoms with van der Waals surface area (Å²) in [7, 11) is 0. The van der Waals surface area contributed by atoms with Gasteiger partial charge in [0, 0.05) is 25.7 Å². The Morgan fingerprint density at radius 3 is 2.43 bits per heavy atom. The Hall–Kier alpha value is -1.55. The van der Waals surface area contributed by atoms with Crippen molar-refractivity contribution in [1.29, 1.82) is 0 Å². The molecule has 0 heterocycles. The number of likely N-dealkylation sites (N-methyl/N-ethyl adjacent to an activating group) is 1. The number of hydrogen-bond acceptors (Lipinski definition) is 3. The average Bonchev–Trinajstić information content (AvgIpc) is 2.44. The van der Waals surface area contributed by atoms with E-state index in [4.69, 9.17) is 4.74 Å². The van der Waals surface area contributed by atoms with Gasteiger partial charge in [-0.25, -0.2) is 4.79 Å².